The molecular weight excluding hydrogens is 226 g/mol. The van der Waals surface area contributed by atoms with E-state index < -0.39 is 0 Å². The molecule has 0 fully saturated rings. The molecule has 2 aromatic rings. The average Bonchev–Trinajstić information content (AvgIpc) is 2.87. The number of hydrogen-bond acceptors (Lipinski definition) is 3. The first-order chi connectivity index (χ1) is 8.83. The summed E-state index contributed by atoms with van der Waals surface area (Å²) >= 11 is 0. The van der Waals surface area contributed by atoms with Crippen molar-refractivity contribution in [3.63, 3.8) is 0 Å². The van der Waals surface area contributed by atoms with Gasteiger partial charge in [0.15, 0.2) is 0 Å². The van der Waals surface area contributed by atoms with E-state index in [0.717, 1.165) is 42.4 Å². The lowest BCUT2D eigenvalue weighted by Crippen LogP contribution is -2.11. The van der Waals surface area contributed by atoms with E-state index in [1.807, 2.05) is 6.92 Å². The number of rotatable bonds is 2. The van der Waals surface area contributed by atoms with Crippen LogP contribution in [0.4, 0.5) is 0 Å². The lowest BCUT2D eigenvalue weighted by molar-refractivity contribution is 0.506. The summed E-state index contributed by atoms with van der Waals surface area (Å²) in [5.41, 5.74) is 2.14. The van der Waals surface area contributed by atoms with Gasteiger partial charge in [0, 0.05) is 18.7 Å². The lowest BCUT2D eigenvalue weighted by atomic mass is 10.1. The van der Waals surface area contributed by atoms with Crippen molar-refractivity contribution in [3.8, 4) is 0 Å². The Hall–Kier alpha value is -1.65. The van der Waals surface area contributed by atoms with Gasteiger partial charge in [-0.15, -0.1) is 10.2 Å². The van der Waals surface area contributed by atoms with E-state index in [-0.39, 0.29) is 0 Å². The zero-order valence-electron chi connectivity index (χ0n) is 10.8. The van der Waals surface area contributed by atoms with Crippen LogP contribution in [-0.2, 0) is 19.4 Å². The van der Waals surface area contributed by atoms with Crippen molar-refractivity contribution in [2.24, 2.45) is 0 Å². The molecule has 18 heavy (non-hydrogen) atoms. The molecule has 5 heteroatoms. The van der Waals surface area contributed by atoms with Gasteiger partial charge in [-0.25, -0.2) is 0 Å². The fourth-order valence-electron chi connectivity index (χ4n) is 2.58. The van der Waals surface area contributed by atoms with Crippen LogP contribution in [0.5, 0.6) is 0 Å². The Morgan fingerprint density at radius 3 is 2.94 bits per heavy atom. The Morgan fingerprint density at radius 1 is 1.22 bits per heavy atom. The van der Waals surface area contributed by atoms with Crippen LogP contribution in [0.3, 0.4) is 0 Å². The van der Waals surface area contributed by atoms with E-state index in [1.165, 1.54) is 25.7 Å². The van der Waals surface area contributed by atoms with Crippen LogP contribution < -0.4 is 0 Å². The predicted molar refractivity (Wildman–Crippen MR) is 68.3 cm³/mol. The standard InChI is InChI=1S/C13H19N5/c1-10-8-11(15-14-10)9-13-17-16-12-6-4-2-3-5-7-18(12)13/h8H,2-7,9H2,1H3,(H,14,15). The number of nitrogens with one attached hydrogen (secondary N) is 1. The molecule has 3 heterocycles. The van der Waals surface area contributed by atoms with E-state index in [9.17, 15) is 0 Å². The molecule has 0 bridgehead atoms. The number of aromatic amines is 1. The topological polar surface area (TPSA) is 59.4 Å². The lowest BCUT2D eigenvalue weighted by Gasteiger charge is -2.12. The highest BCUT2D eigenvalue weighted by Gasteiger charge is 2.14. The fourth-order valence-corrected chi connectivity index (χ4v) is 2.58. The van der Waals surface area contributed by atoms with E-state index in [4.69, 9.17) is 0 Å². The van der Waals surface area contributed by atoms with Crippen LogP contribution >= 0.6 is 0 Å². The minimum Gasteiger partial charge on any atom is -0.315 e. The van der Waals surface area contributed by atoms with Crippen LogP contribution in [0, 0.1) is 6.92 Å². The van der Waals surface area contributed by atoms with Gasteiger partial charge in [0.2, 0.25) is 0 Å². The first-order valence-electron chi connectivity index (χ1n) is 6.75. The first kappa shape index (κ1) is 11.4. The van der Waals surface area contributed by atoms with Crippen LogP contribution in [0.2, 0.25) is 0 Å². The molecule has 0 amide bonds. The Labute approximate surface area is 107 Å². The summed E-state index contributed by atoms with van der Waals surface area (Å²) in [4.78, 5) is 0. The third-order valence-corrected chi connectivity index (χ3v) is 3.53. The minimum atomic E-state index is 0.775. The summed E-state index contributed by atoms with van der Waals surface area (Å²) in [7, 11) is 0. The van der Waals surface area contributed by atoms with Gasteiger partial charge >= 0.3 is 0 Å². The first-order valence-corrected chi connectivity index (χ1v) is 6.75. The molecule has 5 nitrogen and oxygen atoms in total. The average molecular weight is 245 g/mol. The van der Waals surface area contributed by atoms with Gasteiger partial charge in [-0.2, -0.15) is 5.10 Å². The number of aromatic nitrogens is 5. The molecule has 0 spiro atoms. The molecule has 3 rings (SSSR count). The molecule has 1 N–H and O–H groups in total. The SMILES string of the molecule is Cc1cc(Cc2nnc3n2CCCCCC3)n[nH]1. The van der Waals surface area contributed by atoms with E-state index in [2.05, 4.69) is 31.0 Å². The molecule has 2 aromatic heterocycles. The second kappa shape index (κ2) is 4.92. The third-order valence-electron chi connectivity index (χ3n) is 3.53. The molecule has 96 valence electrons. The minimum absolute atomic E-state index is 0.775. The maximum absolute atomic E-state index is 4.34. The number of H-pyrrole nitrogens is 1. The number of fused-ring (bicyclic) bond motifs is 1. The van der Waals surface area contributed by atoms with Gasteiger partial charge < -0.3 is 4.57 Å². The highest BCUT2D eigenvalue weighted by Crippen LogP contribution is 2.16. The summed E-state index contributed by atoms with van der Waals surface area (Å²) in [6, 6.07) is 2.07. The van der Waals surface area contributed by atoms with Crippen molar-refractivity contribution in [1.29, 1.82) is 0 Å². The normalized spacial score (nSPS) is 16.1. The Bertz CT molecular complexity index is 525. The van der Waals surface area contributed by atoms with Crippen molar-refractivity contribution in [1.82, 2.24) is 25.0 Å². The van der Waals surface area contributed by atoms with Crippen molar-refractivity contribution in [3.05, 3.63) is 29.1 Å². The summed E-state index contributed by atoms with van der Waals surface area (Å²) in [6.07, 6.45) is 6.94. The molecule has 0 saturated heterocycles. The molecule has 0 atom stereocenters. The molecule has 0 radical (unpaired) electrons. The summed E-state index contributed by atoms with van der Waals surface area (Å²) in [5.74, 6) is 2.20. The summed E-state index contributed by atoms with van der Waals surface area (Å²) in [6.45, 7) is 3.08. The van der Waals surface area contributed by atoms with Gasteiger partial charge in [-0.05, 0) is 25.8 Å². The Kier molecular flexibility index (Phi) is 3.13. The van der Waals surface area contributed by atoms with Crippen molar-refractivity contribution in [2.45, 2.75) is 52.0 Å². The van der Waals surface area contributed by atoms with E-state index in [0.29, 0.717) is 0 Å². The Balaban J connectivity index is 1.83. The van der Waals surface area contributed by atoms with E-state index in [1.54, 1.807) is 0 Å². The molecule has 0 aromatic carbocycles. The second-order valence-electron chi connectivity index (χ2n) is 5.07. The summed E-state index contributed by atoms with van der Waals surface area (Å²) < 4.78 is 2.29. The van der Waals surface area contributed by atoms with Crippen LogP contribution in [0.25, 0.3) is 0 Å². The van der Waals surface area contributed by atoms with Crippen LogP contribution in [0.15, 0.2) is 6.07 Å². The monoisotopic (exact) mass is 245 g/mol. The third kappa shape index (κ3) is 2.30. The van der Waals surface area contributed by atoms with Gasteiger partial charge in [0.1, 0.15) is 11.6 Å². The highest BCUT2D eigenvalue weighted by atomic mass is 15.3. The molecule has 0 unspecified atom stereocenters. The van der Waals surface area contributed by atoms with Crippen molar-refractivity contribution >= 4 is 0 Å². The summed E-state index contributed by atoms with van der Waals surface area (Å²) in [5, 5.41) is 15.9. The van der Waals surface area contributed by atoms with Crippen LogP contribution in [-0.4, -0.2) is 25.0 Å². The molecule has 0 aliphatic carbocycles. The zero-order valence-corrected chi connectivity index (χ0v) is 10.8. The quantitative estimate of drug-likeness (QED) is 0.880. The van der Waals surface area contributed by atoms with Crippen molar-refractivity contribution < 1.29 is 0 Å². The smallest absolute Gasteiger partial charge is 0.139 e. The number of nitrogens with zero attached hydrogens (tertiary/aromatic N) is 4. The zero-order chi connectivity index (χ0) is 12.4. The van der Waals surface area contributed by atoms with Crippen LogP contribution in [0.1, 0.15) is 48.7 Å². The maximum Gasteiger partial charge on any atom is 0.139 e. The molecule has 1 aliphatic rings. The van der Waals surface area contributed by atoms with Gasteiger partial charge in [-0.3, -0.25) is 5.10 Å². The predicted octanol–water partition coefficient (Wildman–Crippen LogP) is 2.02. The molecule has 0 saturated carbocycles. The largest absolute Gasteiger partial charge is 0.315 e. The number of hydrogen-bond donors (Lipinski definition) is 1. The second-order valence-corrected chi connectivity index (χ2v) is 5.07. The highest BCUT2D eigenvalue weighted by molar-refractivity contribution is 5.13. The van der Waals surface area contributed by atoms with Gasteiger partial charge in [0.05, 0.1) is 12.1 Å². The maximum atomic E-state index is 4.34. The Morgan fingerprint density at radius 2 is 2.11 bits per heavy atom. The van der Waals surface area contributed by atoms with Gasteiger partial charge in [-0.1, -0.05) is 12.8 Å². The van der Waals surface area contributed by atoms with E-state index >= 15 is 0 Å². The van der Waals surface area contributed by atoms with Gasteiger partial charge in [0.25, 0.3) is 0 Å². The molecule has 1 aliphatic heterocycles. The van der Waals surface area contributed by atoms with Crippen molar-refractivity contribution in [2.75, 3.05) is 0 Å². The fraction of sp³-hybridized carbons (Fsp3) is 0.615. The molecular formula is C13H19N5. The number of aryl methyl sites for hydroxylation is 2.